The average Bonchev–Trinajstić information content (AvgIpc) is 2.56. The van der Waals surface area contributed by atoms with Crippen LogP contribution in [0.15, 0.2) is 24.4 Å². The van der Waals surface area contributed by atoms with Crippen molar-refractivity contribution in [3.8, 4) is 11.3 Å². The lowest BCUT2D eigenvalue weighted by Gasteiger charge is -2.00. The number of carbonyl (C=O) groups is 1. The Hall–Kier alpha value is -1.23. The molecule has 0 radical (unpaired) electrons. The van der Waals surface area contributed by atoms with Gasteiger partial charge in [-0.15, -0.1) is 0 Å². The van der Waals surface area contributed by atoms with Crippen molar-refractivity contribution < 1.29 is 9.90 Å². The third-order valence-corrected chi connectivity index (χ3v) is 2.86. The first-order valence-corrected chi connectivity index (χ1v) is 6.00. The predicted molar refractivity (Wildman–Crippen MR) is 70.3 cm³/mol. The minimum absolute atomic E-state index is 0.256. The number of hydrogen-bond donors (Lipinski definition) is 1. The van der Waals surface area contributed by atoms with Crippen LogP contribution in [0.2, 0.25) is 15.1 Å². The summed E-state index contributed by atoms with van der Waals surface area (Å²) < 4.78 is 1.24. The van der Waals surface area contributed by atoms with Crippen molar-refractivity contribution in [2.45, 2.75) is 6.54 Å². The van der Waals surface area contributed by atoms with E-state index in [2.05, 4.69) is 5.10 Å². The maximum atomic E-state index is 10.6. The second-order valence-electron chi connectivity index (χ2n) is 3.58. The van der Waals surface area contributed by atoms with Crippen LogP contribution in [0.1, 0.15) is 0 Å². The average molecular weight is 306 g/mol. The fourth-order valence-corrected chi connectivity index (χ4v) is 2.29. The summed E-state index contributed by atoms with van der Waals surface area (Å²) >= 11 is 17.8. The third-order valence-electron chi connectivity index (χ3n) is 2.15. The molecule has 0 bridgehead atoms. The molecule has 0 atom stereocenters. The highest BCUT2D eigenvalue weighted by Crippen LogP contribution is 2.30. The van der Waals surface area contributed by atoms with E-state index >= 15 is 0 Å². The molecule has 1 heterocycles. The van der Waals surface area contributed by atoms with E-state index in [0.717, 1.165) is 0 Å². The summed E-state index contributed by atoms with van der Waals surface area (Å²) in [6, 6.07) is 4.91. The summed E-state index contributed by atoms with van der Waals surface area (Å²) in [4.78, 5) is 10.6. The van der Waals surface area contributed by atoms with Gasteiger partial charge in [-0.2, -0.15) is 5.10 Å². The van der Waals surface area contributed by atoms with Gasteiger partial charge in [0.15, 0.2) is 0 Å². The zero-order chi connectivity index (χ0) is 13.3. The summed E-state index contributed by atoms with van der Waals surface area (Å²) in [6.07, 6.45) is 1.44. The summed E-state index contributed by atoms with van der Waals surface area (Å²) in [5.41, 5.74) is 1.09. The largest absolute Gasteiger partial charge is 0.480 e. The van der Waals surface area contributed by atoms with Gasteiger partial charge in [-0.1, -0.05) is 34.8 Å². The molecule has 0 saturated heterocycles. The molecule has 1 aromatic carbocycles. The van der Waals surface area contributed by atoms with Crippen molar-refractivity contribution in [3.63, 3.8) is 0 Å². The molecule has 0 aliphatic rings. The fourth-order valence-electron chi connectivity index (χ4n) is 1.50. The van der Waals surface area contributed by atoms with Crippen molar-refractivity contribution in [3.05, 3.63) is 39.5 Å². The molecular weight excluding hydrogens is 298 g/mol. The molecule has 7 heteroatoms. The van der Waals surface area contributed by atoms with Gasteiger partial charge in [0.2, 0.25) is 0 Å². The van der Waals surface area contributed by atoms with E-state index in [9.17, 15) is 4.79 Å². The number of halogens is 3. The second kappa shape index (κ2) is 5.18. The molecular formula is C11H7Cl3N2O2. The van der Waals surface area contributed by atoms with E-state index in [-0.39, 0.29) is 6.54 Å². The Balaban J connectivity index is 2.44. The van der Waals surface area contributed by atoms with Crippen LogP contribution in [0.5, 0.6) is 0 Å². The molecule has 94 valence electrons. The number of carboxylic acids is 1. The number of benzene rings is 1. The molecule has 0 amide bonds. The Labute approximate surface area is 118 Å². The monoisotopic (exact) mass is 304 g/mol. The van der Waals surface area contributed by atoms with Crippen LogP contribution in [0.25, 0.3) is 11.3 Å². The van der Waals surface area contributed by atoms with E-state index in [0.29, 0.717) is 26.3 Å². The van der Waals surface area contributed by atoms with Gasteiger partial charge in [-0.3, -0.25) is 9.48 Å². The molecule has 18 heavy (non-hydrogen) atoms. The molecule has 0 fully saturated rings. The quantitative estimate of drug-likeness (QED) is 0.942. The Kier molecular flexibility index (Phi) is 3.80. The third kappa shape index (κ3) is 2.96. The SMILES string of the molecule is O=C(O)Cn1cc(Cl)c(-c2cc(Cl)cc(Cl)c2)n1. The van der Waals surface area contributed by atoms with Gasteiger partial charge in [0, 0.05) is 21.8 Å². The number of carboxylic acid groups (broad SMARTS) is 1. The minimum Gasteiger partial charge on any atom is -0.480 e. The van der Waals surface area contributed by atoms with Gasteiger partial charge < -0.3 is 5.11 Å². The van der Waals surface area contributed by atoms with Crippen LogP contribution in [-0.2, 0) is 11.3 Å². The molecule has 0 spiro atoms. The normalized spacial score (nSPS) is 10.6. The van der Waals surface area contributed by atoms with Gasteiger partial charge in [-0.05, 0) is 18.2 Å². The molecule has 4 nitrogen and oxygen atoms in total. The number of rotatable bonds is 3. The summed E-state index contributed by atoms with van der Waals surface area (Å²) in [5.74, 6) is -0.996. The van der Waals surface area contributed by atoms with Crippen LogP contribution in [0.4, 0.5) is 0 Å². The van der Waals surface area contributed by atoms with Crippen molar-refractivity contribution in [2.24, 2.45) is 0 Å². The lowest BCUT2D eigenvalue weighted by atomic mass is 10.1. The van der Waals surface area contributed by atoms with Crippen LogP contribution in [0.3, 0.4) is 0 Å². The molecule has 2 rings (SSSR count). The lowest BCUT2D eigenvalue weighted by molar-refractivity contribution is -0.137. The number of hydrogen-bond acceptors (Lipinski definition) is 2. The second-order valence-corrected chi connectivity index (χ2v) is 4.86. The molecule has 1 N–H and O–H groups in total. The Morgan fingerprint density at radius 1 is 1.22 bits per heavy atom. The molecule has 0 saturated carbocycles. The van der Waals surface area contributed by atoms with Crippen molar-refractivity contribution in [1.29, 1.82) is 0 Å². The van der Waals surface area contributed by atoms with Crippen molar-refractivity contribution in [2.75, 3.05) is 0 Å². The Bertz CT molecular complexity index is 590. The lowest BCUT2D eigenvalue weighted by Crippen LogP contribution is -2.08. The van der Waals surface area contributed by atoms with Crippen molar-refractivity contribution in [1.82, 2.24) is 9.78 Å². The van der Waals surface area contributed by atoms with E-state index in [4.69, 9.17) is 39.9 Å². The predicted octanol–water partition coefficient (Wildman–Crippen LogP) is 3.59. The van der Waals surface area contributed by atoms with E-state index in [1.54, 1.807) is 18.2 Å². The van der Waals surface area contributed by atoms with E-state index < -0.39 is 5.97 Å². The maximum absolute atomic E-state index is 10.6. The Morgan fingerprint density at radius 3 is 2.39 bits per heavy atom. The number of nitrogens with zero attached hydrogens (tertiary/aromatic N) is 2. The van der Waals surface area contributed by atoms with E-state index in [1.807, 2.05) is 0 Å². The topological polar surface area (TPSA) is 55.1 Å². The van der Waals surface area contributed by atoms with Gasteiger partial charge in [0.25, 0.3) is 0 Å². The fraction of sp³-hybridized carbons (Fsp3) is 0.0909. The molecule has 1 aromatic heterocycles. The zero-order valence-electron chi connectivity index (χ0n) is 8.90. The first kappa shape index (κ1) is 13.2. The molecule has 2 aromatic rings. The number of aliphatic carboxylic acids is 1. The molecule has 0 aliphatic carbocycles. The Morgan fingerprint density at radius 2 is 1.83 bits per heavy atom. The van der Waals surface area contributed by atoms with Crippen LogP contribution in [0, 0.1) is 0 Å². The van der Waals surface area contributed by atoms with Crippen LogP contribution < -0.4 is 0 Å². The van der Waals surface area contributed by atoms with Gasteiger partial charge in [0.1, 0.15) is 12.2 Å². The number of aromatic nitrogens is 2. The standard InChI is InChI=1S/C11H7Cl3N2O2/c12-7-1-6(2-8(13)3-7)11-9(14)4-16(15-11)5-10(17)18/h1-4H,5H2,(H,17,18). The summed E-state index contributed by atoms with van der Waals surface area (Å²) in [7, 11) is 0. The highest BCUT2D eigenvalue weighted by molar-refractivity contribution is 6.36. The molecule has 0 aliphatic heterocycles. The zero-order valence-corrected chi connectivity index (χ0v) is 11.2. The first-order chi connectivity index (χ1) is 8.45. The van der Waals surface area contributed by atoms with Gasteiger partial charge in [0.05, 0.1) is 5.02 Å². The van der Waals surface area contributed by atoms with Crippen molar-refractivity contribution >= 4 is 40.8 Å². The summed E-state index contributed by atoms with van der Waals surface area (Å²) in [5, 5.41) is 14.0. The van der Waals surface area contributed by atoms with Crippen LogP contribution in [-0.4, -0.2) is 20.9 Å². The van der Waals surface area contributed by atoms with Gasteiger partial charge >= 0.3 is 5.97 Å². The smallest absolute Gasteiger partial charge is 0.325 e. The molecule has 0 unspecified atom stereocenters. The minimum atomic E-state index is -0.996. The summed E-state index contributed by atoms with van der Waals surface area (Å²) in [6.45, 7) is -0.256. The highest BCUT2D eigenvalue weighted by atomic mass is 35.5. The van der Waals surface area contributed by atoms with Gasteiger partial charge in [-0.25, -0.2) is 0 Å². The highest BCUT2D eigenvalue weighted by Gasteiger charge is 2.12. The maximum Gasteiger partial charge on any atom is 0.325 e. The first-order valence-electron chi connectivity index (χ1n) is 4.87. The van der Waals surface area contributed by atoms with E-state index in [1.165, 1.54) is 10.9 Å². The van der Waals surface area contributed by atoms with Crippen LogP contribution >= 0.6 is 34.8 Å².